The second-order valence-electron chi connectivity index (χ2n) is 5.93. The fraction of sp³-hybridized carbons (Fsp3) is 0.474. The Balaban J connectivity index is 1.86. The summed E-state index contributed by atoms with van der Waals surface area (Å²) in [5, 5.41) is 11.1. The second kappa shape index (κ2) is 12.1. The van der Waals surface area contributed by atoms with E-state index in [-0.39, 0.29) is 17.6 Å². The smallest absolute Gasteiger partial charge is 0.253 e. The standard InChI is InChI=1S/C19H26N4O2S3/c1-4-7-11-26-18-21-22-19(28-18)27-13-16(24)20-15-10-8-9-14(12-15)17(25)23(5-2)6-3/h8-10,12H,4-7,11,13H2,1-3H3,(H,20,24). The molecule has 0 aliphatic carbocycles. The molecule has 0 radical (unpaired) electrons. The Bertz CT molecular complexity index is 778. The Kier molecular flexibility index (Phi) is 9.80. The number of carbonyl (C=O) groups is 2. The third kappa shape index (κ3) is 7.10. The van der Waals surface area contributed by atoms with Crippen LogP contribution in [-0.4, -0.2) is 51.5 Å². The molecule has 0 fully saturated rings. The number of rotatable bonds is 11. The van der Waals surface area contributed by atoms with Crippen LogP contribution in [0, 0.1) is 0 Å². The van der Waals surface area contributed by atoms with Gasteiger partial charge in [0.15, 0.2) is 8.68 Å². The third-order valence-corrected chi connectivity index (χ3v) is 7.16. The van der Waals surface area contributed by atoms with Crippen molar-refractivity contribution in [3.63, 3.8) is 0 Å². The van der Waals surface area contributed by atoms with E-state index in [9.17, 15) is 9.59 Å². The number of amides is 2. The van der Waals surface area contributed by atoms with Crippen LogP contribution in [0.2, 0.25) is 0 Å². The first-order chi connectivity index (χ1) is 13.6. The van der Waals surface area contributed by atoms with Crippen molar-refractivity contribution in [2.75, 3.05) is 29.9 Å². The molecule has 0 saturated carbocycles. The van der Waals surface area contributed by atoms with Gasteiger partial charge < -0.3 is 10.2 Å². The largest absolute Gasteiger partial charge is 0.339 e. The van der Waals surface area contributed by atoms with Crippen molar-refractivity contribution in [1.82, 2.24) is 15.1 Å². The molecule has 2 amide bonds. The molecule has 1 N–H and O–H groups in total. The number of carbonyl (C=O) groups excluding carboxylic acids is 2. The van der Waals surface area contributed by atoms with Gasteiger partial charge in [0.2, 0.25) is 5.91 Å². The minimum absolute atomic E-state index is 0.0302. The minimum Gasteiger partial charge on any atom is -0.339 e. The highest BCUT2D eigenvalue weighted by Gasteiger charge is 2.14. The van der Waals surface area contributed by atoms with Crippen molar-refractivity contribution < 1.29 is 9.59 Å². The van der Waals surface area contributed by atoms with E-state index in [1.807, 2.05) is 13.8 Å². The molecule has 152 valence electrons. The summed E-state index contributed by atoms with van der Waals surface area (Å²) in [6.45, 7) is 7.37. The lowest BCUT2D eigenvalue weighted by Gasteiger charge is -2.19. The van der Waals surface area contributed by atoms with Crippen molar-refractivity contribution in [3.05, 3.63) is 29.8 Å². The fourth-order valence-electron chi connectivity index (χ4n) is 2.37. The Morgan fingerprint density at radius 1 is 1.11 bits per heavy atom. The van der Waals surface area contributed by atoms with E-state index in [2.05, 4.69) is 22.4 Å². The quantitative estimate of drug-likeness (QED) is 0.407. The second-order valence-corrected chi connectivity index (χ2v) is 9.47. The predicted molar refractivity (Wildman–Crippen MR) is 119 cm³/mol. The lowest BCUT2D eigenvalue weighted by Crippen LogP contribution is -2.30. The Hall–Kier alpha value is -1.58. The summed E-state index contributed by atoms with van der Waals surface area (Å²) in [4.78, 5) is 26.5. The van der Waals surface area contributed by atoms with Gasteiger partial charge in [-0.05, 0) is 38.5 Å². The van der Waals surface area contributed by atoms with Crippen LogP contribution in [0.3, 0.4) is 0 Å². The molecule has 28 heavy (non-hydrogen) atoms. The van der Waals surface area contributed by atoms with Crippen LogP contribution in [0.4, 0.5) is 5.69 Å². The van der Waals surface area contributed by atoms with Crippen molar-refractivity contribution in [3.8, 4) is 0 Å². The normalized spacial score (nSPS) is 10.7. The summed E-state index contributed by atoms with van der Waals surface area (Å²) in [6.07, 6.45) is 2.32. The molecule has 6 nitrogen and oxygen atoms in total. The van der Waals surface area contributed by atoms with Crippen molar-refractivity contribution in [1.29, 1.82) is 0 Å². The van der Waals surface area contributed by atoms with E-state index >= 15 is 0 Å². The molecule has 1 aromatic carbocycles. The number of aromatic nitrogens is 2. The number of anilines is 1. The molecule has 0 spiro atoms. The van der Waals surface area contributed by atoms with Gasteiger partial charge in [-0.1, -0.05) is 54.3 Å². The van der Waals surface area contributed by atoms with Crippen LogP contribution in [0.1, 0.15) is 44.0 Å². The van der Waals surface area contributed by atoms with E-state index < -0.39 is 0 Å². The SMILES string of the molecule is CCCCSc1nnc(SCC(=O)Nc2cccc(C(=O)N(CC)CC)c2)s1. The van der Waals surface area contributed by atoms with Gasteiger partial charge in [0.05, 0.1) is 5.75 Å². The molecular weight excluding hydrogens is 412 g/mol. The van der Waals surface area contributed by atoms with Gasteiger partial charge in [-0.25, -0.2) is 0 Å². The van der Waals surface area contributed by atoms with Crippen LogP contribution in [0.5, 0.6) is 0 Å². The number of hydrogen-bond acceptors (Lipinski definition) is 7. The molecule has 2 rings (SSSR count). The Morgan fingerprint density at radius 3 is 2.50 bits per heavy atom. The van der Waals surface area contributed by atoms with Gasteiger partial charge in [-0.2, -0.15) is 0 Å². The summed E-state index contributed by atoms with van der Waals surface area (Å²) < 4.78 is 1.73. The molecule has 0 aliphatic rings. The molecule has 1 heterocycles. The number of nitrogens with one attached hydrogen (secondary N) is 1. The van der Waals surface area contributed by atoms with Gasteiger partial charge in [0.25, 0.3) is 5.91 Å². The van der Waals surface area contributed by atoms with Gasteiger partial charge in [-0.15, -0.1) is 10.2 Å². The van der Waals surface area contributed by atoms with Gasteiger partial charge in [0.1, 0.15) is 0 Å². The first-order valence-electron chi connectivity index (χ1n) is 9.35. The van der Waals surface area contributed by atoms with Crippen molar-refractivity contribution in [2.24, 2.45) is 0 Å². The van der Waals surface area contributed by atoms with E-state index in [1.54, 1.807) is 40.9 Å². The van der Waals surface area contributed by atoms with Crippen LogP contribution >= 0.6 is 34.9 Å². The van der Waals surface area contributed by atoms with E-state index in [0.717, 1.165) is 27.3 Å². The Labute approximate surface area is 178 Å². The molecule has 0 bridgehead atoms. The summed E-state index contributed by atoms with van der Waals surface area (Å²) >= 11 is 4.60. The lowest BCUT2D eigenvalue weighted by atomic mass is 10.1. The number of benzene rings is 1. The van der Waals surface area contributed by atoms with E-state index in [1.165, 1.54) is 23.1 Å². The molecule has 0 atom stereocenters. The maximum atomic E-state index is 12.4. The van der Waals surface area contributed by atoms with Crippen LogP contribution in [-0.2, 0) is 4.79 Å². The first kappa shape index (κ1) is 22.7. The highest BCUT2D eigenvalue weighted by molar-refractivity contribution is 8.03. The summed E-state index contributed by atoms with van der Waals surface area (Å²) in [7, 11) is 0. The van der Waals surface area contributed by atoms with E-state index in [4.69, 9.17) is 0 Å². The number of nitrogens with zero attached hydrogens (tertiary/aromatic N) is 3. The summed E-state index contributed by atoms with van der Waals surface area (Å²) in [5.41, 5.74) is 1.20. The molecule has 2 aromatic rings. The number of unbranched alkanes of at least 4 members (excludes halogenated alkanes) is 1. The maximum absolute atomic E-state index is 12.4. The summed E-state index contributed by atoms with van der Waals surface area (Å²) in [5.74, 6) is 1.13. The molecule has 0 saturated heterocycles. The van der Waals surface area contributed by atoms with Crippen LogP contribution in [0.15, 0.2) is 32.9 Å². The predicted octanol–water partition coefficient (Wildman–Crippen LogP) is 4.64. The molecule has 0 unspecified atom stereocenters. The minimum atomic E-state index is -0.132. The highest BCUT2D eigenvalue weighted by atomic mass is 32.2. The first-order valence-corrected chi connectivity index (χ1v) is 12.1. The average molecular weight is 439 g/mol. The van der Waals surface area contributed by atoms with Crippen LogP contribution in [0.25, 0.3) is 0 Å². The van der Waals surface area contributed by atoms with Crippen molar-refractivity contribution in [2.45, 2.75) is 42.3 Å². The zero-order valence-electron chi connectivity index (χ0n) is 16.4. The number of thioether (sulfide) groups is 2. The topological polar surface area (TPSA) is 75.2 Å². The van der Waals surface area contributed by atoms with Crippen molar-refractivity contribution >= 4 is 52.4 Å². The van der Waals surface area contributed by atoms with Crippen LogP contribution < -0.4 is 5.32 Å². The molecular formula is C19H26N4O2S3. The number of hydrogen-bond donors (Lipinski definition) is 1. The average Bonchev–Trinajstić information content (AvgIpc) is 3.15. The van der Waals surface area contributed by atoms with E-state index in [0.29, 0.717) is 24.3 Å². The molecule has 0 aliphatic heterocycles. The molecule has 9 heteroatoms. The highest BCUT2D eigenvalue weighted by Crippen LogP contribution is 2.29. The zero-order valence-corrected chi connectivity index (χ0v) is 18.9. The monoisotopic (exact) mass is 438 g/mol. The fourth-order valence-corrected chi connectivity index (χ4v) is 5.34. The van der Waals surface area contributed by atoms with Gasteiger partial charge in [0, 0.05) is 30.1 Å². The lowest BCUT2D eigenvalue weighted by molar-refractivity contribution is -0.113. The maximum Gasteiger partial charge on any atom is 0.253 e. The van der Waals surface area contributed by atoms with Gasteiger partial charge >= 0.3 is 0 Å². The summed E-state index contributed by atoms with van der Waals surface area (Å²) in [6, 6.07) is 7.06. The third-order valence-electron chi connectivity index (χ3n) is 3.88. The molecule has 1 aromatic heterocycles. The van der Waals surface area contributed by atoms with Gasteiger partial charge in [-0.3, -0.25) is 9.59 Å². The Morgan fingerprint density at radius 2 is 1.82 bits per heavy atom. The zero-order chi connectivity index (χ0) is 20.4.